The second-order valence-corrected chi connectivity index (χ2v) is 6.79. The summed E-state index contributed by atoms with van der Waals surface area (Å²) in [6.07, 6.45) is 0. The highest BCUT2D eigenvalue weighted by Crippen LogP contribution is 2.37. The molecule has 4 nitrogen and oxygen atoms in total. The van der Waals surface area contributed by atoms with Gasteiger partial charge in [0.15, 0.2) is 5.12 Å². The number of aliphatic carboxylic acids is 1. The Kier molecular flexibility index (Phi) is 4.87. The second-order valence-electron chi connectivity index (χ2n) is 5.20. The first kappa shape index (κ1) is 16.8. The number of carbonyl (C=O) groups excluding carboxylic acids is 1. The first-order valence-corrected chi connectivity index (χ1v) is 7.72. The topological polar surface area (TPSA) is 78.2 Å². The van der Waals surface area contributed by atoms with Gasteiger partial charge in [-0.25, -0.2) is 0 Å². The minimum Gasteiger partial charge on any atom is -0.480 e. The van der Waals surface area contributed by atoms with E-state index in [0.717, 1.165) is 22.9 Å². The van der Waals surface area contributed by atoms with Gasteiger partial charge in [-0.05, 0) is 35.7 Å². The van der Waals surface area contributed by atoms with E-state index in [1.54, 1.807) is 24.3 Å². The highest BCUT2D eigenvalue weighted by atomic mass is 32.2. The van der Waals surface area contributed by atoms with Crippen molar-refractivity contribution in [3.05, 3.63) is 59.7 Å². The molecule has 116 valence electrons. The van der Waals surface area contributed by atoms with E-state index in [2.05, 4.69) is 6.07 Å². The highest BCUT2D eigenvalue weighted by Gasteiger charge is 2.37. The number of rotatable bonds is 4. The Hall–Kier alpha value is -2.58. The quantitative estimate of drug-likeness (QED) is 0.925. The van der Waals surface area contributed by atoms with Crippen LogP contribution in [0.4, 0.5) is 0 Å². The van der Waals surface area contributed by atoms with Gasteiger partial charge in [-0.15, -0.1) is 0 Å². The van der Waals surface area contributed by atoms with Gasteiger partial charge in [0.2, 0.25) is 0 Å². The number of nitriles is 1. The average Bonchev–Trinajstić information content (AvgIpc) is 2.54. The molecule has 1 N–H and O–H groups in total. The Morgan fingerprint density at radius 2 is 1.52 bits per heavy atom. The molecule has 0 fully saturated rings. The SMILES string of the molecule is CC(=O)SC(C)(C(=O)O)c1ccc(-c2ccc(C#N)cc2)cc1. The van der Waals surface area contributed by atoms with Gasteiger partial charge in [0.05, 0.1) is 11.6 Å². The van der Waals surface area contributed by atoms with Crippen LogP contribution < -0.4 is 0 Å². The van der Waals surface area contributed by atoms with Crippen molar-refractivity contribution in [3.8, 4) is 17.2 Å². The largest absolute Gasteiger partial charge is 0.480 e. The Labute approximate surface area is 138 Å². The molecule has 2 rings (SSSR count). The molecule has 0 saturated heterocycles. The Bertz CT molecular complexity index is 775. The summed E-state index contributed by atoms with van der Waals surface area (Å²) in [6, 6.07) is 16.3. The minimum absolute atomic E-state index is 0.244. The predicted molar refractivity (Wildman–Crippen MR) is 89.9 cm³/mol. The van der Waals surface area contributed by atoms with E-state index >= 15 is 0 Å². The fraction of sp³-hybridized carbons (Fsp3) is 0.167. The minimum atomic E-state index is -1.31. The zero-order valence-electron chi connectivity index (χ0n) is 12.7. The Balaban J connectivity index is 2.35. The maximum atomic E-state index is 11.6. The van der Waals surface area contributed by atoms with Gasteiger partial charge in [-0.2, -0.15) is 5.26 Å². The van der Waals surface area contributed by atoms with Crippen molar-refractivity contribution < 1.29 is 14.7 Å². The Morgan fingerprint density at radius 3 is 1.91 bits per heavy atom. The molecule has 0 radical (unpaired) electrons. The van der Waals surface area contributed by atoms with Gasteiger partial charge >= 0.3 is 5.97 Å². The van der Waals surface area contributed by atoms with Crippen LogP contribution in [0.25, 0.3) is 11.1 Å². The molecule has 0 aliphatic heterocycles. The Morgan fingerprint density at radius 1 is 1.04 bits per heavy atom. The maximum absolute atomic E-state index is 11.6. The summed E-state index contributed by atoms with van der Waals surface area (Å²) in [4.78, 5) is 22.9. The van der Waals surface area contributed by atoms with Crippen molar-refractivity contribution in [1.82, 2.24) is 0 Å². The molecule has 0 saturated carbocycles. The van der Waals surface area contributed by atoms with Crippen LogP contribution in [0.15, 0.2) is 48.5 Å². The molecule has 1 unspecified atom stereocenters. The first-order valence-electron chi connectivity index (χ1n) is 6.91. The number of carboxylic acids is 1. The third-order valence-corrected chi connectivity index (χ3v) is 4.65. The molecule has 0 heterocycles. The summed E-state index contributed by atoms with van der Waals surface area (Å²) in [7, 11) is 0. The molecule has 2 aromatic carbocycles. The summed E-state index contributed by atoms with van der Waals surface area (Å²) >= 11 is 0.795. The zero-order valence-corrected chi connectivity index (χ0v) is 13.6. The number of thioether (sulfide) groups is 1. The van der Waals surface area contributed by atoms with Crippen molar-refractivity contribution in [3.63, 3.8) is 0 Å². The van der Waals surface area contributed by atoms with E-state index in [9.17, 15) is 14.7 Å². The average molecular weight is 325 g/mol. The van der Waals surface area contributed by atoms with Crippen LogP contribution in [-0.2, 0) is 14.3 Å². The molecular formula is C18H15NO3S. The summed E-state index contributed by atoms with van der Waals surface area (Å²) in [5.74, 6) is -1.05. The smallest absolute Gasteiger partial charge is 0.324 e. The monoisotopic (exact) mass is 325 g/mol. The van der Waals surface area contributed by atoms with Crippen LogP contribution in [0.2, 0.25) is 0 Å². The van der Waals surface area contributed by atoms with Crippen molar-refractivity contribution >= 4 is 22.8 Å². The molecule has 23 heavy (non-hydrogen) atoms. The number of carboxylic acid groups (broad SMARTS) is 1. The van der Waals surface area contributed by atoms with E-state index in [1.165, 1.54) is 13.8 Å². The van der Waals surface area contributed by atoms with E-state index < -0.39 is 10.7 Å². The zero-order chi connectivity index (χ0) is 17.0. The van der Waals surface area contributed by atoms with E-state index in [0.29, 0.717) is 11.1 Å². The van der Waals surface area contributed by atoms with Gasteiger partial charge in [0, 0.05) is 6.92 Å². The molecule has 0 aliphatic rings. The van der Waals surface area contributed by atoms with Crippen LogP contribution >= 0.6 is 11.8 Å². The molecule has 0 aliphatic carbocycles. The van der Waals surface area contributed by atoms with Crippen molar-refractivity contribution in [2.45, 2.75) is 18.6 Å². The summed E-state index contributed by atoms with van der Waals surface area (Å²) in [5.41, 5.74) is 3.00. The summed E-state index contributed by atoms with van der Waals surface area (Å²) in [6.45, 7) is 2.88. The molecule has 0 aromatic heterocycles. The predicted octanol–water partition coefficient (Wildman–Crippen LogP) is 3.80. The first-order chi connectivity index (χ1) is 10.9. The van der Waals surface area contributed by atoms with E-state index in [1.807, 2.05) is 24.3 Å². The third kappa shape index (κ3) is 3.61. The number of hydrogen-bond donors (Lipinski definition) is 1. The lowest BCUT2D eigenvalue weighted by molar-refractivity contribution is -0.139. The number of hydrogen-bond acceptors (Lipinski definition) is 4. The van der Waals surface area contributed by atoms with Crippen LogP contribution in [0.3, 0.4) is 0 Å². The molecule has 2 aromatic rings. The lowest BCUT2D eigenvalue weighted by Crippen LogP contribution is -2.29. The van der Waals surface area contributed by atoms with Gasteiger partial charge in [-0.3, -0.25) is 9.59 Å². The highest BCUT2D eigenvalue weighted by molar-refractivity contribution is 8.14. The molecule has 0 spiro atoms. The molecule has 1 atom stereocenters. The number of nitrogens with zero attached hydrogens (tertiary/aromatic N) is 1. The molecule has 0 bridgehead atoms. The summed E-state index contributed by atoms with van der Waals surface area (Å²) < 4.78 is -1.31. The maximum Gasteiger partial charge on any atom is 0.324 e. The standard InChI is InChI=1S/C18H15NO3S/c1-12(20)23-18(2,17(21)22)16-9-7-15(8-10-16)14-5-3-13(11-19)4-6-14/h3-10H,1-2H3,(H,21,22). The van der Waals surface area contributed by atoms with Crippen LogP contribution in [-0.4, -0.2) is 16.2 Å². The van der Waals surface area contributed by atoms with Gasteiger partial charge < -0.3 is 5.11 Å². The van der Waals surface area contributed by atoms with Crippen molar-refractivity contribution in [1.29, 1.82) is 5.26 Å². The second kappa shape index (κ2) is 6.67. The molecular weight excluding hydrogens is 310 g/mol. The molecule has 5 heteroatoms. The fourth-order valence-corrected chi connectivity index (χ4v) is 3.15. The number of carbonyl (C=O) groups is 2. The van der Waals surface area contributed by atoms with Crippen molar-refractivity contribution in [2.24, 2.45) is 0 Å². The van der Waals surface area contributed by atoms with Gasteiger partial charge in [0.25, 0.3) is 0 Å². The summed E-state index contributed by atoms with van der Waals surface area (Å²) in [5, 5.41) is 18.0. The van der Waals surface area contributed by atoms with E-state index in [-0.39, 0.29) is 5.12 Å². The third-order valence-electron chi connectivity index (χ3n) is 3.54. The van der Waals surface area contributed by atoms with Gasteiger partial charge in [0.1, 0.15) is 4.75 Å². The van der Waals surface area contributed by atoms with Crippen molar-refractivity contribution in [2.75, 3.05) is 0 Å². The van der Waals surface area contributed by atoms with E-state index in [4.69, 9.17) is 5.26 Å². The number of benzene rings is 2. The van der Waals surface area contributed by atoms with Crippen LogP contribution in [0, 0.1) is 11.3 Å². The van der Waals surface area contributed by atoms with Gasteiger partial charge in [-0.1, -0.05) is 48.2 Å². The lowest BCUT2D eigenvalue weighted by Gasteiger charge is -2.23. The van der Waals surface area contributed by atoms with Crippen LogP contribution in [0.5, 0.6) is 0 Å². The fourth-order valence-electron chi connectivity index (χ4n) is 2.23. The normalized spacial score (nSPS) is 12.9. The molecule has 0 amide bonds. The lowest BCUT2D eigenvalue weighted by atomic mass is 9.96. The van der Waals surface area contributed by atoms with Crippen LogP contribution in [0.1, 0.15) is 25.0 Å².